The molecule has 1 aliphatic heterocycles. The second-order valence-corrected chi connectivity index (χ2v) is 5.89. The fourth-order valence-electron chi connectivity index (χ4n) is 2.76. The summed E-state index contributed by atoms with van der Waals surface area (Å²) in [7, 11) is 1.98. The van der Waals surface area contributed by atoms with E-state index in [4.69, 9.17) is 0 Å². The second kappa shape index (κ2) is 6.67. The number of rotatable bonds is 4. The highest BCUT2D eigenvalue weighted by molar-refractivity contribution is 7.17. The van der Waals surface area contributed by atoms with Crippen LogP contribution in [-0.4, -0.2) is 41.0 Å². The van der Waals surface area contributed by atoms with Gasteiger partial charge >= 0.3 is 0 Å². The molecule has 5 nitrogen and oxygen atoms in total. The van der Waals surface area contributed by atoms with Crippen LogP contribution in [0.4, 0.5) is 0 Å². The molecule has 1 aliphatic rings. The summed E-state index contributed by atoms with van der Waals surface area (Å²) in [6.07, 6.45) is 2.43. The summed E-state index contributed by atoms with van der Waals surface area (Å²) < 4.78 is 0.719. The van der Waals surface area contributed by atoms with Crippen molar-refractivity contribution in [1.82, 2.24) is 20.2 Å². The largest absolute Gasteiger partial charge is 0.318 e. The molecule has 3 rings (SSSR count). The van der Waals surface area contributed by atoms with Gasteiger partial charge in [0, 0.05) is 12.6 Å². The van der Waals surface area contributed by atoms with Crippen molar-refractivity contribution in [2.45, 2.75) is 25.4 Å². The molecule has 0 aliphatic carbocycles. The van der Waals surface area contributed by atoms with E-state index in [-0.39, 0.29) is 18.0 Å². The number of hydrogen-bond donors (Lipinski definition) is 2. The smallest absolute Gasteiger partial charge is 0.268 e. The van der Waals surface area contributed by atoms with Crippen molar-refractivity contribution in [3.05, 3.63) is 27.6 Å². The molecule has 0 bridgehead atoms. The number of H-pyrrole nitrogens is 1. The number of hydrogen-bond acceptors (Lipinski definition) is 5. The van der Waals surface area contributed by atoms with Crippen molar-refractivity contribution in [2.75, 3.05) is 20.1 Å². The van der Waals surface area contributed by atoms with E-state index in [9.17, 15) is 4.79 Å². The Balaban J connectivity index is 0.00000147. The second-order valence-electron chi connectivity index (χ2n) is 4.97. The lowest BCUT2D eigenvalue weighted by atomic mass is 10.2. The van der Waals surface area contributed by atoms with Gasteiger partial charge in [-0.3, -0.25) is 9.69 Å². The first kappa shape index (κ1) is 15.4. The molecule has 1 unspecified atom stereocenters. The molecule has 1 saturated heterocycles. The van der Waals surface area contributed by atoms with E-state index in [1.54, 1.807) is 0 Å². The quantitative estimate of drug-likeness (QED) is 0.900. The third-order valence-electron chi connectivity index (χ3n) is 3.66. The Hall–Kier alpha value is -0.950. The summed E-state index contributed by atoms with van der Waals surface area (Å²) >= 11 is 1.44. The van der Waals surface area contributed by atoms with E-state index in [0.717, 1.165) is 35.7 Å². The summed E-state index contributed by atoms with van der Waals surface area (Å²) in [6.45, 7) is 2.80. The van der Waals surface area contributed by atoms with Gasteiger partial charge in [0.2, 0.25) is 0 Å². The number of thiophene rings is 1. The van der Waals surface area contributed by atoms with Gasteiger partial charge in [-0.15, -0.1) is 23.7 Å². The van der Waals surface area contributed by atoms with E-state index in [1.165, 1.54) is 24.2 Å². The summed E-state index contributed by atoms with van der Waals surface area (Å²) in [5.74, 6) is 0.777. The molecule has 0 amide bonds. The van der Waals surface area contributed by atoms with Crippen molar-refractivity contribution in [3.8, 4) is 0 Å². The fraction of sp³-hybridized carbons (Fsp3) is 0.538. The highest BCUT2D eigenvalue weighted by atomic mass is 35.5. The molecular weight excluding hydrogens is 296 g/mol. The minimum Gasteiger partial charge on any atom is -0.318 e. The summed E-state index contributed by atoms with van der Waals surface area (Å²) in [5, 5.41) is 5.14. The maximum atomic E-state index is 11.9. The predicted octanol–water partition coefficient (Wildman–Crippen LogP) is 1.59. The SMILES string of the molecule is CNCC1CCCN1Cc1nc2ccsc2c(=O)[nH]1.Cl. The first-order valence-electron chi connectivity index (χ1n) is 6.63. The van der Waals surface area contributed by atoms with Crippen molar-refractivity contribution in [2.24, 2.45) is 0 Å². The predicted molar refractivity (Wildman–Crippen MR) is 84.8 cm³/mol. The minimum absolute atomic E-state index is 0. The van der Waals surface area contributed by atoms with Gasteiger partial charge in [0.05, 0.1) is 12.1 Å². The van der Waals surface area contributed by atoms with Gasteiger partial charge in [0.25, 0.3) is 5.56 Å². The highest BCUT2D eigenvalue weighted by Gasteiger charge is 2.24. The Morgan fingerprint density at radius 3 is 3.25 bits per heavy atom. The lowest BCUT2D eigenvalue weighted by Gasteiger charge is -2.23. The zero-order chi connectivity index (χ0) is 13.2. The summed E-state index contributed by atoms with van der Waals surface area (Å²) in [5.41, 5.74) is 0.799. The van der Waals surface area contributed by atoms with Crippen LogP contribution in [0.25, 0.3) is 10.2 Å². The van der Waals surface area contributed by atoms with Crippen LogP contribution in [0.15, 0.2) is 16.2 Å². The Morgan fingerprint density at radius 1 is 1.60 bits per heavy atom. The molecule has 3 heterocycles. The number of likely N-dealkylation sites (tertiary alicyclic amines) is 1. The zero-order valence-electron chi connectivity index (χ0n) is 11.4. The first-order valence-corrected chi connectivity index (χ1v) is 7.51. The number of nitrogens with zero attached hydrogens (tertiary/aromatic N) is 2. The Bertz CT molecular complexity index is 626. The normalized spacial score (nSPS) is 19.4. The van der Waals surface area contributed by atoms with Crippen LogP contribution in [0, 0.1) is 0 Å². The van der Waals surface area contributed by atoms with Gasteiger partial charge in [-0.2, -0.15) is 0 Å². The minimum atomic E-state index is -0.0145. The van der Waals surface area contributed by atoms with Gasteiger partial charge < -0.3 is 10.3 Å². The monoisotopic (exact) mass is 314 g/mol. The topological polar surface area (TPSA) is 61.0 Å². The average molecular weight is 315 g/mol. The van der Waals surface area contributed by atoms with Crippen molar-refractivity contribution in [1.29, 1.82) is 0 Å². The maximum Gasteiger partial charge on any atom is 0.268 e. The lowest BCUT2D eigenvalue weighted by molar-refractivity contribution is 0.236. The molecule has 110 valence electrons. The number of fused-ring (bicyclic) bond motifs is 1. The van der Waals surface area contributed by atoms with Crippen LogP contribution in [0.3, 0.4) is 0 Å². The highest BCUT2D eigenvalue weighted by Crippen LogP contribution is 2.19. The molecule has 2 aromatic rings. The number of aromatic amines is 1. The van der Waals surface area contributed by atoms with E-state index < -0.39 is 0 Å². The molecule has 0 radical (unpaired) electrons. The zero-order valence-corrected chi connectivity index (χ0v) is 13.0. The molecule has 0 saturated carbocycles. The van der Waals surface area contributed by atoms with Crippen molar-refractivity contribution < 1.29 is 0 Å². The first-order chi connectivity index (χ1) is 9.28. The van der Waals surface area contributed by atoms with Gasteiger partial charge in [0.1, 0.15) is 10.5 Å². The number of nitrogens with one attached hydrogen (secondary N) is 2. The molecule has 0 aromatic carbocycles. The number of halogens is 1. The Kier molecular flexibility index (Phi) is 5.15. The Labute approximate surface area is 127 Å². The molecule has 2 aromatic heterocycles. The van der Waals surface area contributed by atoms with Crippen molar-refractivity contribution >= 4 is 34.0 Å². The number of aromatic nitrogens is 2. The molecule has 20 heavy (non-hydrogen) atoms. The van der Waals surface area contributed by atoms with E-state index in [1.807, 2.05) is 18.5 Å². The number of likely N-dealkylation sites (N-methyl/N-ethyl adjacent to an activating group) is 1. The van der Waals surface area contributed by atoms with Crippen LogP contribution in [0.2, 0.25) is 0 Å². The molecule has 1 fully saturated rings. The van der Waals surface area contributed by atoms with E-state index in [2.05, 4.69) is 20.2 Å². The standard InChI is InChI=1S/C13H18N4OS.ClH/c1-14-7-9-3-2-5-17(9)8-11-15-10-4-6-19-12(10)13(18)16-11;/h4,6,9,14H,2-3,5,7-8H2,1H3,(H,15,16,18);1H. The van der Waals surface area contributed by atoms with Crippen LogP contribution in [0.1, 0.15) is 18.7 Å². The van der Waals surface area contributed by atoms with E-state index in [0.29, 0.717) is 6.04 Å². The van der Waals surface area contributed by atoms with Crippen LogP contribution >= 0.6 is 23.7 Å². The third kappa shape index (κ3) is 3.03. The van der Waals surface area contributed by atoms with Crippen molar-refractivity contribution in [3.63, 3.8) is 0 Å². The maximum absolute atomic E-state index is 11.9. The molecular formula is C13H19ClN4OS. The van der Waals surface area contributed by atoms with Gasteiger partial charge in [0.15, 0.2) is 0 Å². The molecule has 7 heteroatoms. The van der Waals surface area contributed by atoms with Gasteiger partial charge in [-0.25, -0.2) is 4.98 Å². The average Bonchev–Trinajstić information content (AvgIpc) is 3.00. The fourth-order valence-corrected chi connectivity index (χ4v) is 3.48. The van der Waals surface area contributed by atoms with Gasteiger partial charge in [-0.1, -0.05) is 0 Å². The van der Waals surface area contributed by atoms with Crippen LogP contribution < -0.4 is 10.9 Å². The van der Waals surface area contributed by atoms with Crippen LogP contribution in [-0.2, 0) is 6.54 Å². The summed E-state index contributed by atoms with van der Waals surface area (Å²) in [4.78, 5) is 21.8. The van der Waals surface area contributed by atoms with E-state index >= 15 is 0 Å². The molecule has 1 atom stereocenters. The third-order valence-corrected chi connectivity index (χ3v) is 4.56. The lowest BCUT2D eigenvalue weighted by Crippen LogP contribution is -2.37. The Morgan fingerprint density at radius 2 is 2.45 bits per heavy atom. The summed E-state index contributed by atoms with van der Waals surface area (Å²) in [6, 6.07) is 2.46. The molecule has 0 spiro atoms. The van der Waals surface area contributed by atoms with Gasteiger partial charge in [-0.05, 0) is 37.9 Å². The van der Waals surface area contributed by atoms with Crippen LogP contribution in [0.5, 0.6) is 0 Å². The molecule has 2 N–H and O–H groups in total.